The van der Waals surface area contributed by atoms with Crippen molar-refractivity contribution in [1.82, 2.24) is 10.1 Å². The number of methoxy groups -OCH3 is 1. The van der Waals surface area contributed by atoms with E-state index in [2.05, 4.69) is 10.1 Å². The number of ether oxygens (including phenoxy) is 2. The zero-order chi connectivity index (χ0) is 14.2. The summed E-state index contributed by atoms with van der Waals surface area (Å²) in [5, 5.41) is 4.03. The zero-order valence-corrected chi connectivity index (χ0v) is 12.6. The summed E-state index contributed by atoms with van der Waals surface area (Å²) in [4.78, 5) is 2.47. The van der Waals surface area contributed by atoms with Crippen molar-refractivity contribution in [1.29, 1.82) is 0 Å². The van der Waals surface area contributed by atoms with Crippen LogP contribution in [-0.2, 0) is 16.0 Å². The van der Waals surface area contributed by atoms with Crippen molar-refractivity contribution in [3.63, 3.8) is 0 Å². The Morgan fingerprint density at radius 1 is 1.35 bits per heavy atom. The molecule has 0 N–H and O–H groups in total. The fraction of sp³-hybridized carbons (Fsp3) is 0.800. The second-order valence-corrected chi connectivity index (χ2v) is 6.13. The fourth-order valence-electron chi connectivity index (χ4n) is 3.37. The van der Waals surface area contributed by atoms with Crippen LogP contribution in [-0.4, -0.2) is 48.6 Å². The number of hydrogen-bond donors (Lipinski definition) is 0. The van der Waals surface area contributed by atoms with Crippen LogP contribution in [0.2, 0.25) is 0 Å². The van der Waals surface area contributed by atoms with E-state index in [9.17, 15) is 0 Å². The van der Waals surface area contributed by atoms with Gasteiger partial charge in [-0.3, -0.25) is 4.90 Å². The van der Waals surface area contributed by atoms with Crippen LogP contribution in [0.5, 0.6) is 0 Å². The van der Waals surface area contributed by atoms with Crippen LogP contribution in [0.1, 0.15) is 36.3 Å². The number of likely N-dealkylation sites (tertiary alicyclic amines) is 1. The SMILES string of the molecule is CO[C@H]1COC2(CCN(Cc3c(C)noc3C)CC2)C1. The largest absolute Gasteiger partial charge is 0.379 e. The smallest absolute Gasteiger partial charge is 0.138 e. The molecule has 0 unspecified atom stereocenters. The van der Waals surface area contributed by atoms with E-state index < -0.39 is 0 Å². The van der Waals surface area contributed by atoms with Gasteiger partial charge in [0, 0.05) is 38.7 Å². The summed E-state index contributed by atoms with van der Waals surface area (Å²) in [5.74, 6) is 0.944. The molecule has 2 fully saturated rings. The molecule has 112 valence electrons. The van der Waals surface area contributed by atoms with Gasteiger partial charge in [-0.05, 0) is 26.7 Å². The van der Waals surface area contributed by atoms with E-state index in [1.807, 2.05) is 13.8 Å². The van der Waals surface area contributed by atoms with E-state index in [0.29, 0.717) is 0 Å². The molecule has 1 atom stereocenters. The molecule has 20 heavy (non-hydrogen) atoms. The summed E-state index contributed by atoms with van der Waals surface area (Å²) in [5.41, 5.74) is 2.32. The number of nitrogens with zero attached hydrogens (tertiary/aromatic N) is 2. The molecule has 0 amide bonds. The first-order valence-corrected chi connectivity index (χ1v) is 7.43. The van der Waals surface area contributed by atoms with Crippen LogP contribution >= 0.6 is 0 Å². The minimum absolute atomic E-state index is 0.0654. The van der Waals surface area contributed by atoms with E-state index in [1.54, 1.807) is 7.11 Å². The average molecular weight is 280 g/mol. The van der Waals surface area contributed by atoms with Gasteiger partial charge in [0.15, 0.2) is 0 Å². The Morgan fingerprint density at radius 3 is 2.65 bits per heavy atom. The Balaban J connectivity index is 1.57. The molecule has 3 rings (SSSR count). The average Bonchev–Trinajstić information content (AvgIpc) is 3.00. The molecule has 0 saturated carbocycles. The van der Waals surface area contributed by atoms with E-state index in [-0.39, 0.29) is 11.7 Å². The predicted octanol–water partition coefficient (Wildman–Crippen LogP) is 2.06. The molecular weight excluding hydrogens is 256 g/mol. The van der Waals surface area contributed by atoms with Gasteiger partial charge in [0.2, 0.25) is 0 Å². The van der Waals surface area contributed by atoms with Crippen LogP contribution < -0.4 is 0 Å². The highest BCUT2D eigenvalue weighted by atomic mass is 16.6. The van der Waals surface area contributed by atoms with E-state index >= 15 is 0 Å². The quantitative estimate of drug-likeness (QED) is 0.848. The highest BCUT2D eigenvalue weighted by Crippen LogP contribution is 2.37. The lowest BCUT2D eigenvalue weighted by molar-refractivity contribution is -0.0460. The number of piperidine rings is 1. The third kappa shape index (κ3) is 2.62. The van der Waals surface area contributed by atoms with Gasteiger partial charge in [0.25, 0.3) is 0 Å². The molecule has 2 aliphatic heterocycles. The lowest BCUT2D eigenvalue weighted by atomic mass is 9.88. The van der Waals surface area contributed by atoms with Gasteiger partial charge < -0.3 is 14.0 Å². The van der Waals surface area contributed by atoms with E-state index in [1.165, 1.54) is 5.56 Å². The van der Waals surface area contributed by atoms with Crippen LogP contribution in [0.3, 0.4) is 0 Å². The van der Waals surface area contributed by atoms with Crippen molar-refractivity contribution in [3.8, 4) is 0 Å². The Hall–Kier alpha value is -0.910. The monoisotopic (exact) mass is 280 g/mol. The van der Waals surface area contributed by atoms with Gasteiger partial charge in [-0.2, -0.15) is 0 Å². The molecule has 0 radical (unpaired) electrons. The highest BCUT2D eigenvalue weighted by molar-refractivity contribution is 5.20. The molecule has 3 heterocycles. The Morgan fingerprint density at radius 2 is 2.10 bits per heavy atom. The molecule has 5 heteroatoms. The molecule has 1 spiro atoms. The minimum atomic E-state index is 0.0654. The van der Waals surface area contributed by atoms with E-state index in [0.717, 1.165) is 57.0 Å². The minimum Gasteiger partial charge on any atom is -0.379 e. The van der Waals surface area contributed by atoms with Crippen LogP contribution in [0, 0.1) is 13.8 Å². The topological polar surface area (TPSA) is 47.7 Å². The lowest BCUT2D eigenvalue weighted by Gasteiger charge is -2.38. The van der Waals surface area contributed by atoms with Crippen LogP contribution in [0.25, 0.3) is 0 Å². The van der Waals surface area contributed by atoms with Crippen LogP contribution in [0.4, 0.5) is 0 Å². The summed E-state index contributed by atoms with van der Waals surface area (Å²) in [7, 11) is 1.78. The Kier molecular flexibility index (Phi) is 3.84. The van der Waals surface area contributed by atoms with Gasteiger partial charge in [-0.15, -0.1) is 0 Å². The van der Waals surface area contributed by atoms with Crippen molar-refractivity contribution in [2.45, 2.75) is 51.4 Å². The van der Waals surface area contributed by atoms with Crippen molar-refractivity contribution in [2.24, 2.45) is 0 Å². The summed E-state index contributed by atoms with van der Waals surface area (Å²) in [6, 6.07) is 0. The third-order valence-corrected chi connectivity index (χ3v) is 4.84. The molecular formula is C15H24N2O3. The maximum atomic E-state index is 6.03. The molecule has 2 aliphatic rings. The molecule has 0 bridgehead atoms. The second kappa shape index (κ2) is 5.47. The summed E-state index contributed by atoms with van der Waals surface area (Å²) in [6.07, 6.45) is 3.51. The first-order chi connectivity index (χ1) is 9.62. The van der Waals surface area contributed by atoms with Gasteiger partial charge >= 0.3 is 0 Å². The first kappa shape index (κ1) is 14.0. The van der Waals surface area contributed by atoms with Crippen molar-refractivity contribution in [3.05, 3.63) is 17.0 Å². The predicted molar refractivity (Wildman–Crippen MR) is 74.6 cm³/mol. The standard InChI is InChI=1S/C15H24N2O3/c1-11-14(12(2)20-16-11)9-17-6-4-15(5-7-17)8-13(18-3)10-19-15/h13H,4-10H2,1-3H3/t13-/m1/s1. The number of hydrogen-bond acceptors (Lipinski definition) is 5. The maximum Gasteiger partial charge on any atom is 0.138 e. The lowest BCUT2D eigenvalue weighted by Crippen LogP contribution is -2.44. The molecule has 5 nitrogen and oxygen atoms in total. The van der Waals surface area contributed by atoms with Gasteiger partial charge in [0.05, 0.1) is 24.0 Å². The van der Waals surface area contributed by atoms with Crippen molar-refractivity contribution in [2.75, 3.05) is 26.8 Å². The third-order valence-electron chi connectivity index (χ3n) is 4.84. The normalized spacial score (nSPS) is 26.4. The van der Waals surface area contributed by atoms with Gasteiger partial charge in [-0.25, -0.2) is 0 Å². The van der Waals surface area contributed by atoms with E-state index in [4.69, 9.17) is 14.0 Å². The second-order valence-electron chi connectivity index (χ2n) is 6.13. The molecule has 2 saturated heterocycles. The first-order valence-electron chi connectivity index (χ1n) is 7.43. The summed E-state index contributed by atoms with van der Waals surface area (Å²) < 4.78 is 16.7. The van der Waals surface area contributed by atoms with Gasteiger partial charge in [0.1, 0.15) is 5.76 Å². The fourth-order valence-corrected chi connectivity index (χ4v) is 3.37. The van der Waals surface area contributed by atoms with Crippen molar-refractivity contribution >= 4 is 0 Å². The molecule has 1 aromatic rings. The van der Waals surface area contributed by atoms with Gasteiger partial charge in [-0.1, -0.05) is 5.16 Å². The molecule has 0 aromatic carbocycles. The Bertz CT molecular complexity index is 444. The number of aryl methyl sites for hydroxylation is 2. The summed E-state index contributed by atoms with van der Waals surface area (Å²) in [6.45, 7) is 7.83. The van der Waals surface area contributed by atoms with Crippen molar-refractivity contribution < 1.29 is 14.0 Å². The molecule has 0 aliphatic carbocycles. The Labute approximate surface area is 120 Å². The molecule has 1 aromatic heterocycles. The number of rotatable bonds is 3. The number of aromatic nitrogens is 1. The highest BCUT2D eigenvalue weighted by Gasteiger charge is 2.42. The summed E-state index contributed by atoms with van der Waals surface area (Å²) >= 11 is 0. The zero-order valence-electron chi connectivity index (χ0n) is 12.6. The maximum absolute atomic E-state index is 6.03. The van der Waals surface area contributed by atoms with Crippen LogP contribution in [0.15, 0.2) is 4.52 Å².